The number of hydrogen-bond donors (Lipinski definition) is 3. The molecule has 6 nitrogen and oxygen atoms in total. The minimum atomic E-state index is -0.398. The molecule has 1 saturated heterocycles. The summed E-state index contributed by atoms with van der Waals surface area (Å²) in [4.78, 5) is 29.6. The molecule has 0 aromatic carbocycles. The molecule has 0 aliphatic carbocycles. The fraction of sp³-hybridized carbons (Fsp3) is 0.500. The van der Waals surface area contributed by atoms with E-state index >= 15 is 0 Å². The van der Waals surface area contributed by atoms with Gasteiger partial charge >= 0.3 is 0 Å². The van der Waals surface area contributed by atoms with E-state index in [1.807, 2.05) is 0 Å². The zero-order chi connectivity index (χ0) is 11.5. The van der Waals surface area contributed by atoms with Crippen LogP contribution in [0.2, 0.25) is 0 Å². The number of aromatic nitrogens is 2. The summed E-state index contributed by atoms with van der Waals surface area (Å²) in [6.45, 7) is 1.96. The van der Waals surface area contributed by atoms with Crippen LogP contribution in [-0.2, 0) is 16.0 Å². The zero-order valence-electron chi connectivity index (χ0n) is 8.99. The van der Waals surface area contributed by atoms with Crippen LogP contribution in [0.5, 0.6) is 0 Å². The van der Waals surface area contributed by atoms with Crippen LogP contribution in [0, 0.1) is 0 Å². The Morgan fingerprint density at radius 2 is 2.44 bits per heavy atom. The van der Waals surface area contributed by atoms with Gasteiger partial charge in [0.2, 0.25) is 5.91 Å². The highest BCUT2D eigenvalue weighted by molar-refractivity contribution is 5.91. The number of ketones is 1. The van der Waals surface area contributed by atoms with Crippen LogP contribution in [0.1, 0.15) is 12.6 Å². The van der Waals surface area contributed by atoms with Gasteiger partial charge in [0.05, 0.1) is 18.4 Å². The number of carbonyl (C=O) groups excluding carboxylic acids is 2. The molecular weight excluding hydrogens is 208 g/mol. The number of carbonyl (C=O) groups is 2. The van der Waals surface area contributed by atoms with E-state index in [1.165, 1.54) is 6.92 Å². The Morgan fingerprint density at radius 1 is 1.62 bits per heavy atom. The van der Waals surface area contributed by atoms with E-state index in [0.717, 1.165) is 5.69 Å². The lowest BCUT2D eigenvalue weighted by molar-refractivity contribution is -0.130. The minimum Gasteiger partial charge on any atom is -0.348 e. The Kier molecular flexibility index (Phi) is 3.00. The lowest BCUT2D eigenvalue weighted by Gasteiger charge is -2.28. The summed E-state index contributed by atoms with van der Waals surface area (Å²) < 4.78 is 0. The highest BCUT2D eigenvalue weighted by Crippen LogP contribution is 2.03. The molecular formula is C10H14N4O2. The average molecular weight is 222 g/mol. The van der Waals surface area contributed by atoms with Gasteiger partial charge in [-0.1, -0.05) is 0 Å². The fourth-order valence-electron chi connectivity index (χ4n) is 1.70. The van der Waals surface area contributed by atoms with Crippen LogP contribution in [0.4, 0.5) is 0 Å². The fourth-order valence-corrected chi connectivity index (χ4v) is 1.70. The monoisotopic (exact) mass is 222 g/mol. The van der Waals surface area contributed by atoms with Gasteiger partial charge in [0.1, 0.15) is 0 Å². The Hall–Kier alpha value is -1.69. The molecule has 2 atom stereocenters. The third-order valence-corrected chi connectivity index (χ3v) is 2.67. The molecule has 0 spiro atoms. The number of amides is 1. The van der Waals surface area contributed by atoms with Gasteiger partial charge in [-0.3, -0.25) is 9.59 Å². The number of piperazine rings is 1. The molecule has 0 saturated carbocycles. The zero-order valence-corrected chi connectivity index (χ0v) is 8.99. The largest absolute Gasteiger partial charge is 0.348 e. The smallest absolute Gasteiger partial charge is 0.238 e. The number of aromatic amines is 1. The van der Waals surface area contributed by atoms with E-state index in [2.05, 4.69) is 20.6 Å². The Labute approximate surface area is 92.8 Å². The molecule has 1 aliphatic heterocycles. The molecule has 1 aromatic rings. The third-order valence-electron chi connectivity index (χ3n) is 2.67. The molecule has 1 aliphatic rings. The van der Waals surface area contributed by atoms with Crippen molar-refractivity contribution in [1.82, 2.24) is 20.6 Å². The van der Waals surface area contributed by atoms with Gasteiger partial charge < -0.3 is 15.6 Å². The number of H-pyrrole nitrogens is 1. The second-order valence-electron chi connectivity index (χ2n) is 3.91. The molecule has 16 heavy (non-hydrogen) atoms. The van der Waals surface area contributed by atoms with Gasteiger partial charge in [0.25, 0.3) is 0 Å². The lowest BCUT2D eigenvalue weighted by atomic mass is 10.1. The van der Waals surface area contributed by atoms with Crippen LogP contribution in [0.25, 0.3) is 0 Å². The Morgan fingerprint density at radius 3 is 3.00 bits per heavy atom. The maximum Gasteiger partial charge on any atom is 0.238 e. The first kappa shape index (κ1) is 10.8. The lowest BCUT2D eigenvalue weighted by Crippen LogP contribution is -2.61. The van der Waals surface area contributed by atoms with E-state index in [1.54, 1.807) is 12.5 Å². The summed E-state index contributed by atoms with van der Waals surface area (Å²) in [5.41, 5.74) is 0.897. The van der Waals surface area contributed by atoms with Gasteiger partial charge in [-0.15, -0.1) is 0 Å². The van der Waals surface area contributed by atoms with Crippen molar-refractivity contribution >= 4 is 11.7 Å². The van der Waals surface area contributed by atoms with Crippen molar-refractivity contribution in [2.45, 2.75) is 25.4 Å². The summed E-state index contributed by atoms with van der Waals surface area (Å²) in [6.07, 6.45) is 3.82. The van der Waals surface area contributed by atoms with Crippen molar-refractivity contribution in [3.05, 3.63) is 18.2 Å². The second-order valence-corrected chi connectivity index (χ2v) is 3.91. The highest BCUT2D eigenvalue weighted by atomic mass is 16.2. The SMILES string of the molecule is CC(=O)C1CNC(Cc2cnc[nH]2)C(=O)N1. The van der Waals surface area contributed by atoms with Crippen molar-refractivity contribution in [2.75, 3.05) is 6.54 Å². The molecule has 1 aromatic heterocycles. The van der Waals surface area contributed by atoms with Crippen molar-refractivity contribution in [3.63, 3.8) is 0 Å². The van der Waals surface area contributed by atoms with Crippen LogP contribution in [0.3, 0.4) is 0 Å². The predicted molar refractivity (Wildman–Crippen MR) is 56.7 cm³/mol. The van der Waals surface area contributed by atoms with Crippen molar-refractivity contribution in [1.29, 1.82) is 0 Å². The van der Waals surface area contributed by atoms with Gasteiger partial charge in [0, 0.05) is 24.9 Å². The molecule has 0 radical (unpaired) electrons. The molecule has 86 valence electrons. The first-order valence-electron chi connectivity index (χ1n) is 5.18. The first-order valence-corrected chi connectivity index (χ1v) is 5.18. The standard InChI is InChI=1S/C10H14N4O2/c1-6(15)9-4-12-8(10(16)14-9)2-7-3-11-5-13-7/h3,5,8-9,12H,2,4H2,1H3,(H,11,13)(H,14,16). The second kappa shape index (κ2) is 4.44. The van der Waals surface area contributed by atoms with E-state index in [0.29, 0.717) is 13.0 Å². The number of nitrogens with one attached hydrogen (secondary N) is 3. The van der Waals surface area contributed by atoms with Crippen LogP contribution in [0.15, 0.2) is 12.5 Å². The normalized spacial score (nSPS) is 25.2. The number of nitrogens with zero attached hydrogens (tertiary/aromatic N) is 1. The van der Waals surface area contributed by atoms with Gasteiger partial charge in [-0.25, -0.2) is 4.98 Å². The van der Waals surface area contributed by atoms with Crippen molar-refractivity contribution in [3.8, 4) is 0 Å². The number of hydrogen-bond acceptors (Lipinski definition) is 4. The van der Waals surface area contributed by atoms with Crippen molar-refractivity contribution < 1.29 is 9.59 Å². The van der Waals surface area contributed by atoms with Crippen LogP contribution < -0.4 is 10.6 Å². The molecule has 2 rings (SSSR count). The van der Waals surface area contributed by atoms with Crippen molar-refractivity contribution in [2.24, 2.45) is 0 Å². The number of imidazole rings is 1. The molecule has 2 heterocycles. The minimum absolute atomic E-state index is 0.0270. The quantitative estimate of drug-likeness (QED) is 0.612. The Bertz CT molecular complexity index is 388. The van der Waals surface area contributed by atoms with E-state index in [9.17, 15) is 9.59 Å². The van der Waals surface area contributed by atoms with Crippen LogP contribution in [-0.4, -0.2) is 40.3 Å². The summed E-state index contributed by atoms with van der Waals surface area (Å²) in [6, 6.07) is -0.693. The molecule has 0 bridgehead atoms. The first-order chi connectivity index (χ1) is 7.66. The maximum atomic E-state index is 11.7. The predicted octanol–water partition coefficient (Wildman–Crippen LogP) is -1.00. The van der Waals surface area contributed by atoms with Gasteiger partial charge in [-0.05, 0) is 6.92 Å². The van der Waals surface area contributed by atoms with E-state index < -0.39 is 6.04 Å². The molecule has 1 fully saturated rings. The average Bonchev–Trinajstić information content (AvgIpc) is 2.73. The van der Waals surface area contributed by atoms with Crippen LogP contribution >= 0.6 is 0 Å². The summed E-state index contributed by atoms with van der Waals surface area (Å²) in [7, 11) is 0. The summed E-state index contributed by atoms with van der Waals surface area (Å²) in [5.74, 6) is -0.165. The van der Waals surface area contributed by atoms with Gasteiger partial charge in [-0.2, -0.15) is 0 Å². The number of rotatable bonds is 3. The molecule has 3 N–H and O–H groups in total. The molecule has 1 amide bonds. The topological polar surface area (TPSA) is 86.9 Å². The summed E-state index contributed by atoms with van der Waals surface area (Å²) in [5, 5.41) is 5.75. The highest BCUT2D eigenvalue weighted by Gasteiger charge is 2.29. The maximum absolute atomic E-state index is 11.7. The number of Topliss-reactive ketones (excluding diaryl/α,β-unsaturated/α-hetero) is 1. The van der Waals surface area contributed by atoms with E-state index in [4.69, 9.17) is 0 Å². The van der Waals surface area contributed by atoms with E-state index in [-0.39, 0.29) is 17.7 Å². The van der Waals surface area contributed by atoms with Gasteiger partial charge in [0.15, 0.2) is 5.78 Å². The molecule has 2 unspecified atom stereocenters. The third kappa shape index (κ3) is 2.27. The Balaban J connectivity index is 1.94. The molecule has 6 heteroatoms. The summed E-state index contributed by atoms with van der Waals surface area (Å²) >= 11 is 0.